The second-order valence-corrected chi connectivity index (χ2v) is 11.4. The molecule has 0 aliphatic carbocycles. The van der Waals surface area contributed by atoms with Gasteiger partial charge in [0.15, 0.2) is 11.6 Å². The van der Waals surface area contributed by atoms with Gasteiger partial charge in [-0.3, -0.25) is 4.57 Å². The van der Waals surface area contributed by atoms with E-state index in [0.29, 0.717) is 17.6 Å². The third-order valence-electron chi connectivity index (χ3n) is 8.62. The van der Waals surface area contributed by atoms with Crippen LogP contribution in [-0.2, 0) is 0 Å². The number of benzene rings is 6. The number of hydrogen-bond acceptors (Lipinski definition) is 3. The number of aryl methyl sites for hydroxylation is 1. The molecule has 0 radical (unpaired) electrons. The van der Waals surface area contributed by atoms with E-state index in [1.165, 1.54) is 27.2 Å². The summed E-state index contributed by atoms with van der Waals surface area (Å²) in [6.07, 6.45) is 0. The maximum absolute atomic E-state index is 5.15. The average Bonchev–Trinajstić information content (AvgIpc) is 3.62. The molecule has 9 aromatic rings. The first-order valence-electron chi connectivity index (χ1n) is 15.1. The SMILES string of the molecule is Cc1cccc(-c2nc(-c3ccccc3)nc(-n3c4ccccc4c4c3ccc3c5ccccc5n(-c5ccccc5)c34)n2)c1. The number of fused-ring (bicyclic) bond motifs is 7. The summed E-state index contributed by atoms with van der Waals surface area (Å²) in [7, 11) is 0. The zero-order valence-corrected chi connectivity index (χ0v) is 24.6. The summed E-state index contributed by atoms with van der Waals surface area (Å²) in [6.45, 7) is 2.09. The second kappa shape index (κ2) is 10.00. The Kier molecular flexibility index (Phi) is 5.65. The van der Waals surface area contributed by atoms with Gasteiger partial charge < -0.3 is 4.57 Å². The van der Waals surface area contributed by atoms with E-state index < -0.39 is 0 Å². The van der Waals surface area contributed by atoms with E-state index in [-0.39, 0.29) is 0 Å². The molecule has 0 N–H and O–H groups in total. The van der Waals surface area contributed by atoms with Crippen LogP contribution in [0.3, 0.4) is 0 Å². The number of para-hydroxylation sites is 3. The molecule has 0 aliphatic heterocycles. The van der Waals surface area contributed by atoms with Crippen molar-refractivity contribution >= 4 is 43.6 Å². The van der Waals surface area contributed by atoms with Gasteiger partial charge in [0, 0.05) is 38.4 Å². The molecule has 3 heterocycles. The van der Waals surface area contributed by atoms with Crippen molar-refractivity contribution in [2.45, 2.75) is 6.92 Å². The molecule has 45 heavy (non-hydrogen) atoms. The van der Waals surface area contributed by atoms with Gasteiger partial charge in [0.1, 0.15) is 0 Å². The van der Waals surface area contributed by atoms with Crippen LogP contribution in [0.1, 0.15) is 5.56 Å². The molecule has 0 amide bonds. The lowest BCUT2D eigenvalue weighted by Gasteiger charge is -2.11. The molecule has 0 saturated carbocycles. The zero-order valence-electron chi connectivity index (χ0n) is 24.6. The average molecular weight is 578 g/mol. The van der Waals surface area contributed by atoms with E-state index in [0.717, 1.165) is 38.8 Å². The molecular formula is C40H27N5. The van der Waals surface area contributed by atoms with Crippen molar-refractivity contribution in [3.05, 3.63) is 151 Å². The molecule has 0 spiro atoms. The summed E-state index contributed by atoms with van der Waals surface area (Å²) in [5.41, 5.74) is 8.63. The first-order valence-corrected chi connectivity index (χ1v) is 15.1. The van der Waals surface area contributed by atoms with Crippen molar-refractivity contribution < 1.29 is 0 Å². The van der Waals surface area contributed by atoms with E-state index in [1.54, 1.807) is 0 Å². The molecule has 5 nitrogen and oxygen atoms in total. The highest BCUT2D eigenvalue weighted by Crippen LogP contribution is 2.41. The number of rotatable bonds is 4. The molecule has 0 atom stereocenters. The van der Waals surface area contributed by atoms with Gasteiger partial charge in [-0.2, -0.15) is 9.97 Å². The van der Waals surface area contributed by atoms with Crippen LogP contribution in [0.25, 0.3) is 78.0 Å². The summed E-state index contributed by atoms with van der Waals surface area (Å²) in [6, 6.07) is 50.8. The fourth-order valence-corrected chi connectivity index (χ4v) is 6.66. The summed E-state index contributed by atoms with van der Waals surface area (Å²) in [4.78, 5) is 15.3. The summed E-state index contributed by atoms with van der Waals surface area (Å²) >= 11 is 0. The van der Waals surface area contributed by atoms with Crippen molar-refractivity contribution in [1.29, 1.82) is 0 Å². The van der Waals surface area contributed by atoms with Crippen LogP contribution in [0.15, 0.2) is 146 Å². The molecule has 0 unspecified atom stereocenters. The predicted octanol–water partition coefficient (Wildman–Crippen LogP) is 9.71. The van der Waals surface area contributed by atoms with Gasteiger partial charge in [0.25, 0.3) is 0 Å². The van der Waals surface area contributed by atoms with E-state index >= 15 is 0 Å². The van der Waals surface area contributed by atoms with Gasteiger partial charge in [0.2, 0.25) is 5.95 Å². The Hall–Kier alpha value is -6.07. The fraction of sp³-hybridized carbons (Fsp3) is 0.0250. The standard InChI is InChI=1S/C40H27N5/c1-26-13-12-16-28(25-26)39-41-38(27-14-4-2-5-15-27)42-40(43-39)45-34-22-11-9-20-32(34)36-35(45)24-23-31-30-19-8-10-21-33(30)44(37(31)36)29-17-6-3-7-18-29/h2-25H,1H3. The highest BCUT2D eigenvalue weighted by atomic mass is 15.2. The topological polar surface area (TPSA) is 48.5 Å². The predicted molar refractivity (Wildman–Crippen MR) is 184 cm³/mol. The molecule has 3 aromatic heterocycles. The quantitative estimate of drug-likeness (QED) is 0.209. The van der Waals surface area contributed by atoms with E-state index in [4.69, 9.17) is 15.0 Å². The number of hydrogen-bond donors (Lipinski definition) is 0. The first kappa shape index (κ1) is 25.4. The van der Waals surface area contributed by atoms with E-state index in [1.807, 2.05) is 30.3 Å². The van der Waals surface area contributed by atoms with Gasteiger partial charge >= 0.3 is 0 Å². The fourth-order valence-electron chi connectivity index (χ4n) is 6.66. The van der Waals surface area contributed by atoms with Crippen LogP contribution in [0.2, 0.25) is 0 Å². The van der Waals surface area contributed by atoms with Gasteiger partial charge in [-0.15, -0.1) is 0 Å². The smallest absolute Gasteiger partial charge is 0.238 e. The summed E-state index contributed by atoms with van der Waals surface area (Å²) in [5.74, 6) is 1.88. The van der Waals surface area contributed by atoms with Gasteiger partial charge in [-0.25, -0.2) is 4.98 Å². The van der Waals surface area contributed by atoms with Crippen LogP contribution < -0.4 is 0 Å². The van der Waals surface area contributed by atoms with Gasteiger partial charge in [0.05, 0.1) is 22.1 Å². The third kappa shape index (κ3) is 3.98. The third-order valence-corrected chi connectivity index (χ3v) is 8.62. The molecule has 0 aliphatic rings. The highest BCUT2D eigenvalue weighted by molar-refractivity contribution is 6.26. The van der Waals surface area contributed by atoms with Crippen molar-refractivity contribution in [2.24, 2.45) is 0 Å². The van der Waals surface area contributed by atoms with Crippen LogP contribution in [0.4, 0.5) is 0 Å². The molecule has 9 rings (SSSR count). The normalized spacial score (nSPS) is 11.7. The second-order valence-electron chi connectivity index (χ2n) is 11.4. The number of nitrogens with zero attached hydrogens (tertiary/aromatic N) is 5. The molecular weight excluding hydrogens is 550 g/mol. The Bertz CT molecular complexity index is 2540. The van der Waals surface area contributed by atoms with Crippen molar-refractivity contribution in [2.75, 3.05) is 0 Å². The summed E-state index contributed by atoms with van der Waals surface area (Å²) < 4.78 is 4.59. The van der Waals surface area contributed by atoms with Gasteiger partial charge in [-0.05, 0) is 43.3 Å². The Labute approximate surface area is 259 Å². The first-order chi connectivity index (χ1) is 22.2. The van der Waals surface area contributed by atoms with Crippen molar-refractivity contribution in [3.63, 3.8) is 0 Å². The maximum Gasteiger partial charge on any atom is 0.238 e. The lowest BCUT2D eigenvalue weighted by molar-refractivity contribution is 0.953. The maximum atomic E-state index is 5.15. The summed E-state index contributed by atoms with van der Waals surface area (Å²) in [5, 5.41) is 4.76. The molecule has 212 valence electrons. The van der Waals surface area contributed by atoms with E-state index in [2.05, 4.69) is 131 Å². The van der Waals surface area contributed by atoms with Crippen LogP contribution >= 0.6 is 0 Å². The Balaban J connectivity index is 1.43. The Morgan fingerprint density at radius 3 is 1.82 bits per heavy atom. The largest absolute Gasteiger partial charge is 0.309 e. The minimum atomic E-state index is 0.591. The minimum Gasteiger partial charge on any atom is -0.309 e. The zero-order chi connectivity index (χ0) is 29.9. The highest BCUT2D eigenvalue weighted by Gasteiger charge is 2.22. The van der Waals surface area contributed by atoms with Gasteiger partial charge in [-0.1, -0.05) is 115 Å². The minimum absolute atomic E-state index is 0.591. The molecule has 6 aromatic carbocycles. The molecule has 0 fully saturated rings. The Morgan fingerprint density at radius 1 is 0.444 bits per heavy atom. The van der Waals surface area contributed by atoms with E-state index in [9.17, 15) is 0 Å². The monoisotopic (exact) mass is 577 g/mol. The van der Waals surface area contributed by atoms with Crippen molar-refractivity contribution in [1.82, 2.24) is 24.1 Å². The van der Waals surface area contributed by atoms with Crippen LogP contribution in [-0.4, -0.2) is 24.1 Å². The molecule has 0 bridgehead atoms. The molecule has 5 heteroatoms. The number of aromatic nitrogens is 5. The van der Waals surface area contributed by atoms with Crippen LogP contribution in [0, 0.1) is 6.92 Å². The van der Waals surface area contributed by atoms with Crippen LogP contribution in [0.5, 0.6) is 0 Å². The van der Waals surface area contributed by atoms with Crippen molar-refractivity contribution in [3.8, 4) is 34.4 Å². The Morgan fingerprint density at radius 2 is 1.07 bits per heavy atom. The lowest BCUT2D eigenvalue weighted by atomic mass is 10.1. The lowest BCUT2D eigenvalue weighted by Crippen LogP contribution is -2.06. The molecule has 0 saturated heterocycles.